The average Bonchev–Trinajstić information content (AvgIpc) is 2.34. The van der Waals surface area contributed by atoms with Crippen molar-refractivity contribution in [2.75, 3.05) is 14.2 Å². The van der Waals surface area contributed by atoms with Crippen molar-refractivity contribution in [1.82, 2.24) is 5.32 Å². The highest BCUT2D eigenvalue weighted by atomic mass is 16.5. The second kappa shape index (κ2) is 6.32. The average molecular weight is 279 g/mol. The van der Waals surface area contributed by atoms with Crippen LogP contribution < -0.4 is 14.8 Å². The number of hydrogen-bond acceptors (Lipinski definition) is 4. The molecule has 0 aromatic heterocycles. The van der Waals surface area contributed by atoms with Crippen molar-refractivity contribution < 1.29 is 19.4 Å². The Morgan fingerprint density at radius 2 is 1.90 bits per heavy atom. The van der Waals surface area contributed by atoms with E-state index in [0.29, 0.717) is 17.1 Å². The first-order valence-electron chi connectivity index (χ1n) is 6.22. The van der Waals surface area contributed by atoms with Crippen LogP contribution in [-0.4, -0.2) is 30.8 Å². The molecule has 0 fully saturated rings. The van der Waals surface area contributed by atoms with Gasteiger partial charge in [0.25, 0.3) is 0 Å². The minimum atomic E-state index is -0.312. The summed E-state index contributed by atoms with van der Waals surface area (Å²) in [5, 5.41) is 12.7. The highest BCUT2D eigenvalue weighted by molar-refractivity contribution is 5.93. The summed E-state index contributed by atoms with van der Waals surface area (Å²) < 4.78 is 10.2. The van der Waals surface area contributed by atoms with Gasteiger partial charge >= 0.3 is 0 Å². The molecule has 2 N–H and O–H groups in total. The number of phenolic OH excluding ortho intramolecular Hbond substituents is 1. The van der Waals surface area contributed by atoms with Crippen LogP contribution in [-0.2, 0) is 4.79 Å². The van der Waals surface area contributed by atoms with Gasteiger partial charge in [-0.25, -0.2) is 0 Å². The summed E-state index contributed by atoms with van der Waals surface area (Å²) in [6, 6.07) is 3.10. The number of phenols is 1. The SMILES string of the molecule is COc1cc(O)c(/C=C/C(=O)NC(C)(C)C)c(OC)c1. The molecule has 1 aromatic carbocycles. The molecule has 110 valence electrons. The van der Waals surface area contributed by atoms with Crippen LogP contribution in [0.4, 0.5) is 0 Å². The van der Waals surface area contributed by atoms with Gasteiger partial charge in [0.05, 0.1) is 19.8 Å². The van der Waals surface area contributed by atoms with Crippen LogP contribution in [0, 0.1) is 0 Å². The van der Waals surface area contributed by atoms with Crippen molar-refractivity contribution in [2.45, 2.75) is 26.3 Å². The van der Waals surface area contributed by atoms with E-state index in [9.17, 15) is 9.90 Å². The number of amides is 1. The summed E-state index contributed by atoms with van der Waals surface area (Å²) in [5.74, 6) is 0.660. The number of rotatable bonds is 4. The Morgan fingerprint density at radius 1 is 1.25 bits per heavy atom. The standard InChI is InChI=1S/C15H21NO4/c1-15(2,3)16-14(18)7-6-11-12(17)8-10(19-4)9-13(11)20-5/h6-9,17H,1-5H3,(H,16,18)/b7-6+. The molecule has 0 bridgehead atoms. The van der Waals surface area contributed by atoms with Crippen LogP contribution in [0.5, 0.6) is 17.2 Å². The van der Waals surface area contributed by atoms with Crippen LogP contribution in [0.3, 0.4) is 0 Å². The Bertz CT molecular complexity index is 515. The zero-order valence-corrected chi connectivity index (χ0v) is 12.5. The molecule has 1 amide bonds. The van der Waals surface area contributed by atoms with Gasteiger partial charge in [0.1, 0.15) is 17.2 Å². The first-order valence-corrected chi connectivity index (χ1v) is 6.22. The number of nitrogens with one attached hydrogen (secondary N) is 1. The molecule has 0 spiro atoms. The summed E-state index contributed by atoms with van der Waals surface area (Å²) in [5.41, 5.74) is 0.116. The predicted octanol–water partition coefficient (Wildman–Crippen LogP) is 2.34. The smallest absolute Gasteiger partial charge is 0.244 e. The van der Waals surface area contributed by atoms with E-state index in [4.69, 9.17) is 9.47 Å². The normalized spacial score (nSPS) is 11.4. The number of ether oxygens (including phenoxy) is 2. The van der Waals surface area contributed by atoms with Gasteiger partial charge in [0, 0.05) is 23.7 Å². The third kappa shape index (κ3) is 4.50. The second-order valence-corrected chi connectivity index (χ2v) is 5.34. The van der Waals surface area contributed by atoms with Gasteiger partial charge in [-0.3, -0.25) is 4.79 Å². The Hall–Kier alpha value is -2.17. The summed E-state index contributed by atoms with van der Waals surface area (Å²) in [4.78, 5) is 11.7. The van der Waals surface area contributed by atoms with E-state index in [0.717, 1.165) is 0 Å². The lowest BCUT2D eigenvalue weighted by molar-refractivity contribution is -0.117. The largest absolute Gasteiger partial charge is 0.507 e. The van der Waals surface area contributed by atoms with Crippen LogP contribution in [0.25, 0.3) is 6.08 Å². The Kier molecular flexibility index (Phi) is 5.02. The molecule has 5 heteroatoms. The summed E-state index contributed by atoms with van der Waals surface area (Å²) >= 11 is 0. The van der Waals surface area contributed by atoms with Crippen LogP contribution in [0.2, 0.25) is 0 Å². The van der Waals surface area contributed by atoms with E-state index in [1.165, 1.54) is 32.4 Å². The third-order valence-electron chi connectivity index (χ3n) is 2.45. The third-order valence-corrected chi connectivity index (χ3v) is 2.45. The maximum atomic E-state index is 11.7. The van der Waals surface area contributed by atoms with Crippen molar-refractivity contribution in [2.24, 2.45) is 0 Å². The molecule has 0 aliphatic rings. The molecule has 20 heavy (non-hydrogen) atoms. The number of aromatic hydroxyl groups is 1. The molecule has 0 heterocycles. The number of methoxy groups -OCH3 is 2. The van der Waals surface area contributed by atoms with E-state index in [2.05, 4.69) is 5.32 Å². The maximum Gasteiger partial charge on any atom is 0.244 e. The first kappa shape index (κ1) is 15.9. The van der Waals surface area contributed by atoms with Crippen LogP contribution >= 0.6 is 0 Å². The molecule has 0 unspecified atom stereocenters. The predicted molar refractivity (Wildman–Crippen MR) is 78.1 cm³/mol. The second-order valence-electron chi connectivity index (χ2n) is 5.34. The molecule has 1 rings (SSSR count). The lowest BCUT2D eigenvalue weighted by atomic mass is 10.1. The van der Waals surface area contributed by atoms with Crippen molar-refractivity contribution in [3.05, 3.63) is 23.8 Å². The first-order chi connectivity index (χ1) is 9.26. The highest BCUT2D eigenvalue weighted by Crippen LogP contribution is 2.34. The van der Waals surface area contributed by atoms with E-state index in [-0.39, 0.29) is 17.2 Å². The summed E-state index contributed by atoms with van der Waals surface area (Å²) in [7, 11) is 2.99. The van der Waals surface area contributed by atoms with Gasteiger partial charge in [0.2, 0.25) is 5.91 Å². The van der Waals surface area contributed by atoms with Crippen molar-refractivity contribution in [1.29, 1.82) is 0 Å². The highest BCUT2D eigenvalue weighted by Gasteiger charge is 2.13. The Morgan fingerprint density at radius 3 is 2.40 bits per heavy atom. The molecular weight excluding hydrogens is 258 g/mol. The summed E-state index contributed by atoms with van der Waals surface area (Å²) in [6.45, 7) is 5.68. The number of benzene rings is 1. The molecule has 1 aromatic rings. The van der Waals surface area contributed by atoms with E-state index in [1.807, 2.05) is 20.8 Å². The number of carbonyl (C=O) groups is 1. The van der Waals surface area contributed by atoms with Crippen LogP contribution in [0.15, 0.2) is 18.2 Å². The van der Waals surface area contributed by atoms with Gasteiger partial charge in [-0.2, -0.15) is 0 Å². The van der Waals surface area contributed by atoms with Gasteiger partial charge in [0.15, 0.2) is 0 Å². The quantitative estimate of drug-likeness (QED) is 0.830. The van der Waals surface area contributed by atoms with E-state index >= 15 is 0 Å². The monoisotopic (exact) mass is 279 g/mol. The van der Waals surface area contributed by atoms with Gasteiger partial charge < -0.3 is 19.9 Å². The molecule has 0 saturated heterocycles. The minimum Gasteiger partial charge on any atom is -0.507 e. The molecule has 0 aliphatic carbocycles. The van der Waals surface area contributed by atoms with Crippen molar-refractivity contribution in [3.63, 3.8) is 0 Å². The molecule has 5 nitrogen and oxygen atoms in total. The van der Waals surface area contributed by atoms with E-state index < -0.39 is 0 Å². The number of carbonyl (C=O) groups excluding carboxylic acids is 1. The molecular formula is C15H21NO4. The maximum absolute atomic E-state index is 11.7. The topological polar surface area (TPSA) is 67.8 Å². The van der Waals surface area contributed by atoms with Gasteiger partial charge in [-0.15, -0.1) is 0 Å². The minimum absolute atomic E-state index is 0.0130. The lowest BCUT2D eigenvalue weighted by Gasteiger charge is -2.19. The molecule has 0 radical (unpaired) electrons. The molecule has 0 saturated carbocycles. The zero-order chi connectivity index (χ0) is 15.3. The zero-order valence-electron chi connectivity index (χ0n) is 12.5. The van der Waals surface area contributed by atoms with E-state index in [1.54, 1.807) is 6.07 Å². The van der Waals surface area contributed by atoms with Crippen LogP contribution in [0.1, 0.15) is 26.3 Å². The lowest BCUT2D eigenvalue weighted by Crippen LogP contribution is -2.39. The van der Waals surface area contributed by atoms with Gasteiger partial charge in [-0.05, 0) is 26.8 Å². The fourth-order valence-corrected chi connectivity index (χ4v) is 1.61. The summed E-state index contributed by atoms with van der Waals surface area (Å²) in [6.07, 6.45) is 2.87. The van der Waals surface area contributed by atoms with Crippen molar-refractivity contribution >= 4 is 12.0 Å². The molecule has 0 atom stereocenters. The number of hydrogen-bond donors (Lipinski definition) is 2. The van der Waals surface area contributed by atoms with Gasteiger partial charge in [-0.1, -0.05) is 0 Å². The van der Waals surface area contributed by atoms with Crippen molar-refractivity contribution in [3.8, 4) is 17.2 Å². The fraction of sp³-hybridized carbons (Fsp3) is 0.400. The fourth-order valence-electron chi connectivity index (χ4n) is 1.61. The Balaban J connectivity index is 3.00. The molecule has 0 aliphatic heterocycles. The Labute approximate surface area is 119 Å².